The van der Waals surface area contributed by atoms with E-state index >= 15 is 0 Å². The molecule has 1 heterocycles. The van der Waals surface area contributed by atoms with Crippen LogP contribution in [0.25, 0.3) is 0 Å². The summed E-state index contributed by atoms with van der Waals surface area (Å²) in [7, 11) is 0. The molecule has 1 N–H and O–H groups in total. The fraction of sp³-hybridized carbons (Fsp3) is 0.500. The fourth-order valence-corrected chi connectivity index (χ4v) is 2.19. The molecule has 3 nitrogen and oxygen atoms in total. The highest BCUT2D eigenvalue weighted by Crippen LogP contribution is 2.08. The Morgan fingerprint density at radius 3 is 2.72 bits per heavy atom. The van der Waals surface area contributed by atoms with Gasteiger partial charge >= 0.3 is 0 Å². The molecule has 1 aliphatic heterocycles. The molecule has 0 radical (unpaired) electrons. The van der Waals surface area contributed by atoms with Gasteiger partial charge in [-0.05, 0) is 32.0 Å². The summed E-state index contributed by atoms with van der Waals surface area (Å²) in [5.74, 6) is -0.275. The molecule has 0 aliphatic carbocycles. The largest absolute Gasteiger partial charge is 0.352 e. The van der Waals surface area contributed by atoms with Gasteiger partial charge in [0.1, 0.15) is 5.82 Å². The summed E-state index contributed by atoms with van der Waals surface area (Å²) in [4.78, 5) is 13.9. The van der Waals surface area contributed by atoms with Crippen LogP contribution in [0, 0.1) is 5.82 Å². The van der Waals surface area contributed by atoms with E-state index < -0.39 is 0 Å². The molecule has 98 valence electrons. The van der Waals surface area contributed by atoms with Crippen LogP contribution in [0.1, 0.15) is 24.8 Å². The summed E-state index contributed by atoms with van der Waals surface area (Å²) < 4.78 is 13.3. The standard InChI is InChI=1S/C14H19FN2O/c15-13-6-2-1-5-12(13)11-16-14(18)7-10-17-8-3-4-9-17/h1-2,5-6H,3-4,7-11H2,(H,16,18). The zero-order chi connectivity index (χ0) is 12.8. The van der Waals surface area contributed by atoms with Gasteiger partial charge in [-0.25, -0.2) is 4.39 Å². The van der Waals surface area contributed by atoms with E-state index in [0.717, 1.165) is 19.6 Å². The Kier molecular flexibility index (Phi) is 4.70. The van der Waals surface area contributed by atoms with Gasteiger partial charge in [0.15, 0.2) is 0 Å². The number of benzene rings is 1. The van der Waals surface area contributed by atoms with Gasteiger partial charge in [0.05, 0.1) is 0 Å². The second kappa shape index (κ2) is 6.50. The first-order chi connectivity index (χ1) is 8.75. The molecule has 0 atom stereocenters. The van der Waals surface area contributed by atoms with Crippen LogP contribution in [0.2, 0.25) is 0 Å². The molecule has 1 aromatic carbocycles. The van der Waals surface area contributed by atoms with E-state index in [-0.39, 0.29) is 18.3 Å². The fourth-order valence-electron chi connectivity index (χ4n) is 2.19. The van der Waals surface area contributed by atoms with Crippen molar-refractivity contribution in [1.82, 2.24) is 10.2 Å². The highest BCUT2D eigenvalue weighted by atomic mass is 19.1. The molecule has 2 rings (SSSR count). The van der Waals surface area contributed by atoms with Crippen LogP contribution in [0.4, 0.5) is 4.39 Å². The highest BCUT2D eigenvalue weighted by Gasteiger charge is 2.12. The number of nitrogens with one attached hydrogen (secondary N) is 1. The molecule has 18 heavy (non-hydrogen) atoms. The predicted molar refractivity (Wildman–Crippen MR) is 68.5 cm³/mol. The van der Waals surface area contributed by atoms with Gasteiger partial charge < -0.3 is 10.2 Å². The molecule has 0 unspecified atom stereocenters. The number of halogens is 1. The average Bonchev–Trinajstić information content (AvgIpc) is 2.88. The van der Waals surface area contributed by atoms with E-state index in [1.807, 2.05) is 0 Å². The Balaban J connectivity index is 1.69. The van der Waals surface area contributed by atoms with Crippen molar-refractivity contribution in [2.75, 3.05) is 19.6 Å². The number of carbonyl (C=O) groups excluding carboxylic acids is 1. The summed E-state index contributed by atoms with van der Waals surface area (Å²) in [6.07, 6.45) is 2.96. The Labute approximate surface area is 107 Å². The average molecular weight is 250 g/mol. The van der Waals surface area contributed by atoms with Gasteiger partial charge in [0, 0.05) is 25.1 Å². The highest BCUT2D eigenvalue weighted by molar-refractivity contribution is 5.76. The van der Waals surface area contributed by atoms with E-state index in [1.54, 1.807) is 18.2 Å². The molecule has 1 aromatic rings. The van der Waals surface area contributed by atoms with Gasteiger partial charge in [-0.2, -0.15) is 0 Å². The van der Waals surface area contributed by atoms with Crippen molar-refractivity contribution in [3.63, 3.8) is 0 Å². The molecule has 4 heteroatoms. The summed E-state index contributed by atoms with van der Waals surface area (Å²) >= 11 is 0. The van der Waals surface area contributed by atoms with Crippen LogP contribution in [0.5, 0.6) is 0 Å². The maximum atomic E-state index is 13.3. The molecular weight excluding hydrogens is 231 g/mol. The third kappa shape index (κ3) is 3.81. The third-order valence-corrected chi connectivity index (χ3v) is 3.29. The normalized spacial score (nSPS) is 15.8. The number of rotatable bonds is 5. The van der Waals surface area contributed by atoms with Crippen LogP contribution in [0.15, 0.2) is 24.3 Å². The lowest BCUT2D eigenvalue weighted by atomic mass is 10.2. The van der Waals surface area contributed by atoms with Gasteiger partial charge in [-0.3, -0.25) is 4.79 Å². The van der Waals surface area contributed by atoms with Crippen molar-refractivity contribution in [1.29, 1.82) is 0 Å². The Morgan fingerprint density at radius 1 is 1.28 bits per heavy atom. The van der Waals surface area contributed by atoms with E-state index in [1.165, 1.54) is 18.9 Å². The SMILES string of the molecule is O=C(CCN1CCCC1)NCc1ccccc1F. The topological polar surface area (TPSA) is 32.3 Å². The minimum atomic E-state index is -0.266. The molecule has 1 fully saturated rings. The maximum absolute atomic E-state index is 13.3. The first kappa shape index (κ1) is 13.0. The molecule has 1 amide bonds. The van der Waals surface area contributed by atoms with Crippen molar-refractivity contribution in [2.24, 2.45) is 0 Å². The van der Waals surface area contributed by atoms with Crippen molar-refractivity contribution in [3.05, 3.63) is 35.6 Å². The molecule has 0 saturated carbocycles. The number of amides is 1. The van der Waals surface area contributed by atoms with Crippen LogP contribution in [-0.2, 0) is 11.3 Å². The summed E-state index contributed by atoms with van der Waals surface area (Å²) in [5.41, 5.74) is 0.534. The quantitative estimate of drug-likeness (QED) is 0.866. The van der Waals surface area contributed by atoms with E-state index in [2.05, 4.69) is 10.2 Å². The van der Waals surface area contributed by atoms with Crippen LogP contribution < -0.4 is 5.32 Å². The summed E-state index contributed by atoms with van der Waals surface area (Å²) in [5, 5.41) is 2.76. The first-order valence-corrected chi connectivity index (χ1v) is 6.48. The third-order valence-electron chi connectivity index (χ3n) is 3.29. The zero-order valence-electron chi connectivity index (χ0n) is 10.5. The summed E-state index contributed by atoms with van der Waals surface area (Å²) in [6.45, 7) is 3.27. The van der Waals surface area contributed by atoms with Gasteiger partial charge in [-0.1, -0.05) is 18.2 Å². The molecule has 1 aliphatic rings. The number of likely N-dealkylation sites (tertiary alicyclic amines) is 1. The van der Waals surface area contributed by atoms with Gasteiger partial charge in [-0.15, -0.1) is 0 Å². The molecular formula is C14H19FN2O. The van der Waals surface area contributed by atoms with Crippen LogP contribution >= 0.6 is 0 Å². The zero-order valence-corrected chi connectivity index (χ0v) is 10.5. The van der Waals surface area contributed by atoms with Crippen LogP contribution in [0.3, 0.4) is 0 Å². The van der Waals surface area contributed by atoms with Crippen LogP contribution in [-0.4, -0.2) is 30.4 Å². The number of carbonyl (C=O) groups is 1. The lowest BCUT2D eigenvalue weighted by Gasteiger charge is -2.14. The molecule has 0 bridgehead atoms. The predicted octanol–water partition coefficient (Wildman–Crippen LogP) is 1.93. The van der Waals surface area contributed by atoms with E-state index in [0.29, 0.717) is 12.0 Å². The van der Waals surface area contributed by atoms with Gasteiger partial charge in [0.2, 0.25) is 5.91 Å². The number of nitrogens with zero attached hydrogens (tertiary/aromatic N) is 1. The Morgan fingerprint density at radius 2 is 2.00 bits per heavy atom. The number of hydrogen-bond acceptors (Lipinski definition) is 2. The Hall–Kier alpha value is -1.42. The Bertz CT molecular complexity index is 403. The monoisotopic (exact) mass is 250 g/mol. The minimum absolute atomic E-state index is 0.00912. The maximum Gasteiger partial charge on any atom is 0.221 e. The van der Waals surface area contributed by atoms with Crippen molar-refractivity contribution < 1.29 is 9.18 Å². The van der Waals surface area contributed by atoms with E-state index in [4.69, 9.17) is 0 Å². The summed E-state index contributed by atoms with van der Waals surface area (Å²) in [6, 6.07) is 6.52. The lowest BCUT2D eigenvalue weighted by Crippen LogP contribution is -2.29. The molecule has 0 aromatic heterocycles. The second-order valence-corrected chi connectivity index (χ2v) is 4.67. The van der Waals surface area contributed by atoms with Crippen molar-refractivity contribution >= 4 is 5.91 Å². The first-order valence-electron chi connectivity index (χ1n) is 6.48. The van der Waals surface area contributed by atoms with Crippen molar-refractivity contribution in [2.45, 2.75) is 25.8 Å². The van der Waals surface area contributed by atoms with Crippen molar-refractivity contribution in [3.8, 4) is 0 Å². The lowest BCUT2D eigenvalue weighted by molar-refractivity contribution is -0.121. The molecule has 0 spiro atoms. The van der Waals surface area contributed by atoms with Gasteiger partial charge in [0.25, 0.3) is 0 Å². The molecule has 1 saturated heterocycles. The number of hydrogen-bond donors (Lipinski definition) is 1. The smallest absolute Gasteiger partial charge is 0.221 e. The van der Waals surface area contributed by atoms with E-state index in [9.17, 15) is 9.18 Å². The second-order valence-electron chi connectivity index (χ2n) is 4.67. The minimum Gasteiger partial charge on any atom is -0.352 e.